The van der Waals surface area contributed by atoms with Crippen LogP contribution >= 0.6 is 0 Å². The lowest BCUT2D eigenvalue weighted by atomic mass is 10.0. The molecule has 2 aliphatic heterocycles. The van der Waals surface area contributed by atoms with Gasteiger partial charge >= 0.3 is 0 Å². The monoisotopic (exact) mass is 341 g/mol. The second-order valence-corrected chi connectivity index (χ2v) is 6.96. The van der Waals surface area contributed by atoms with Gasteiger partial charge in [-0.25, -0.2) is 9.97 Å². The molecule has 2 atom stereocenters. The van der Waals surface area contributed by atoms with Crippen LogP contribution in [0.3, 0.4) is 0 Å². The van der Waals surface area contributed by atoms with Gasteiger partial charge in [-0.1, -0.05) is 0 Å². The largest absolute Gasteiger partial charge is 0.351 e. The number of hydrogen-bond acceptors (Lipinski definition) is 5. The Labute approximate surface area is 146 Å². The summed E-state index contributed by atoms with van der Waals surface area (Å²) in [5.41, 5.74) is 0.653. The summed E-state index contributed by atoms with van der Waals surface area (Å²) in [7, 11) is 0. The third-order valence-corrected chi connectivity index (χ3v) is 5.54. The summed E-state index contributed by atoms with van der Waals surface area (Å²) >= 11 is 0. The Bertz CT molecular complexity index is 830. The molecule has 0 saturated carbocycles. The summed E-state index contributed by atoms with van der Waals surface area (Å²) in [6, 6.07) is 2.45. The molecular formula is C18H23N5O2. The van der Waals surface area contributed by atoms with Crippen molar-refractivity contribution in [2.24, 2.45) is 0 Å². The minimum atomic E-state index is -0.0583. The Balaban J connectivity index is 1.77. The van der Waals surface area contributed by atoms with Gasteiger partial charge in [0.05, 0.1) is 17.5 Å². The first-order chi connectivity index (χ1) is 12.1. The van der Waals surface area contributed by atoms with E-state index in [0.717, 1.165) is 50.0 Å². The van der Waals surface area contributed by atoms with Crippen LogP contribution in [0.2, 0.25) is 0 Å². The van der Waals surface area contributed by atoms with E-state index in [9.17, 15) is 9.59 Å². The van der Waals surface area contributed by atoms with Gasteiger partial charge in [0.15, 0.2) is 5.65 Å². The highest BCUT2D eigenvalue weighted by atomic mass is 16.2. The zero-order chi connectivity index (χ0) is 17.6. The van der Waals surface area contributed by atoms with E-state index in [4.69, 9.17) is 0 Å². The van der Waals surface area contributed by atoms with Crippen molar-refractivity contribution in [1.82, 2.24) is 19.4 Å². The Morgan fingerprint density at radius 1 is 1.04 bits per heavy atom. The summed E-state index contributed by atoms with van der Waals surface area (Å²) in [4.78, 5) is 37.0. The fourth-order valence-corrected chi connectivity index (χ4v) is 4.43. The molecule has 132 valence electrons. The maximum Gasteiger partial charge on any atom is 0.229 e. The molecule has 0 spiro atoms. The lowest BCUT2D eigenvalue weighted by molar-refractivity contribution is -0.129. The fraction of sp³-hybridized carbons (Fsp3) is 0.556. The molecular weight excluding hydrogens is 318 g/mol. The molecule has 0 aromatic carbocycles. The van der Waals surface area contributed by atoms with Gasteiger partial charge in [0.25, 0.3) is 0 Å². The first kappa shape index (κ1) is 16.1. The van der Waals surface area contributed by atoms with Crippen LogP contribution in [0, 0.1) is 0 Å². The minimum absolute atomic E-state index is 0.0583. The van der Waals surface area contributed by atoms with Gasteiger partial charge in [-0.05, 0) is 31.7 Å². The predicted octanol–water partition coefficient (Wildman–Crippen LogP) is 2.07. The third-order valence-electron chi connectivity index (χ3n) is 5.54. The van der Waals surface area contributed by atoms with Crippen molar-refractivity contribution < 1.29 is 9.59 Å². The van der Waals surface area contributed by atoms with Crippen molar-refractivity contribution in [3.63, 3.8) is 0 Å². The Morgan fingerprint density at radius 2 is 1.88 bits per heavy atom. The van der Waals surface area contributed by atoms with Crippen LogP contribution in [-0.2, 0) is 4.79 Å². The second-order valence-electron chi connectivity index (χ2n) is 6.96. The first-order valence-electron chi connectivity index (χ1n) is 8.95. The van der Waals surface area contributed by atoms with E-state index in [-0.39, 0.29) is 23.9 Å². The van der Waals surface area contributed by atoms with Crippen LogP contribution in [0.1, 0.15) is 44.3 Å². The fourth-order valence-electron chi connectivity index (χ4n) is 4.43. The number of hydrogen-bond donors (Lipinski definition) is 0. The molecule has 0 N–H and O–H groups in total. The van der Waals surface area contributed by atoms with Gasteiger partial charge in [0.2, 0.25) is 11.8 Å². The molecule has 2 fully saturated rings. The van der Waals surface area contributed by atoms with Crippen LogP contribution in [-0.4, -0.2) is 56.4 Å². The van der Waals surface area contributed by atoms with Crippen LogP contribution < -0.4 is 4.90 Å². The highest BCUT2D eigenvalue weighted by Gasteiger charge is 2.40. The molecule has 2 saturated heterocycles. The molecule has 7 heteroatoms. The van der Waals surface area contributed by atoms with E-state index >= 15 is 0 Å². The molecule has 2 aromatic heterocycles. The number of amides is 1. The molecule has 0 unspecified atom stereocenters. The lowest BCUT2D eigenvalue weighted by Gasteiger charge is -2.33. The topological polar surface area (TPSA) is 71.3 Å². The van der Waals surface area contributed by atoms with E-state index < -0.39 is 0 Å². The Morgan fingerprint density at radius 3 is 2.64 bits per heavy atom. The number of carbonyl (C=O) groups excluding carboxylic acids is 2. The highest BCUT2D eigenvalue weighted by molar-refractivity contribution is 5.94. The Kier molecular flexibility index (Phi) is 3.94. The number of nitrogens with zero attached hydrogens (tertiary/aromatic N) is 5. The lowest BCUT2D eigenvalue weighted by Crippen LogP contribution is -2.45. The van der Waals surface area contributed by atoms with Crippen LogP contribution in [0.4, 0.5) is 5.82 Å². The van der Waals surface area contributed by atoms with Gasteiger partial charge in [0.1, 0.15) is 12.1 Å². The number of fused-ring (bicyclic) bond motifs is 2. The zero-order valence-corrected chi connectivity index (χ0v) is 14.7. The summed E-state index contributed by atoms with van der Waals surface area (Å²) in [6.45, 7) is 4.92. The minimum Gasteiger partial charge on any atom is -0.351 e. The summed E-state index contributed by atoms with van der Waals surface area (Å²) in [5, 5.41) is 0.902. The molecule has 7 nitrogen and oxygen atoms in total. The van der Waals surface area contributed by atoms with Crippen molar-refractivity contribution in [3.05, 3.63) is 18.6 Å². The van der Waals surface area contributed by atoms with Crippen molar-refractivity contribution in [1.29, 1.82) is 0 Å². The maximum absolute atomic E-state index is 12.0. The number of rotatable bonds is 1. The average molecular weight is 341 g/mol. The first-order valence-corrected chi connectivity index (χ1v) is 8.95. The van der Waals surface area contributed by atoms with E-state index in [1.54, 1.807) is 17.7 Å². The molecule has 4 heterocycles. The maximum atomic E-state index is 12.0. The van der Waals surface area contributed by atoms with E-state index in [2.05, 4.69) is 14.9 Å². The average Bonchev–Trinajstić information content (AvgIpc) is 3.14. The Hall–Kier alpha value is -2.44. The standard InChI is InChI=1S/C18H23N5O2/c1-12(24)21-10-7-16-15(21)5-3-4-8-23(16)18-14-6-9-22(13(2)25)17(14)19-11-20-18/h6,9,11,15-16H,3-5,7-8,10H2,1-2H3/t15-,16-/m1/s1. The molecule has 0 radical (unpaired) electrons. The van der Waals surface area contributed by atoms with Gasteiger partial charge in [0, 0.05) is 33.1 Å². The number of anilines is 1. The SMILES string of the molecule is CC(=O)N1CC[C@@H]2[C@H]1CCCCN2c1ncnc2c1ccn2C(C)=O. The molecule has 4 rings (SSSR count). The van der Waals surface area contributed by atoms with Crippen LogP contribution in [0.15, 0.2) is 18.6 Å². The van der Waals surface area contributed by atoms with Gasteiger partial charge < -0.3 is 9.80 Å². The molecule has 25 heavy (non-hydrogen) atoms. The van der Waals surface area contributed by atoms with Gasteiger partial charge in [-0.15, -0.1) is 0 Å². The summed E-state index contributed by atoms with van der Waals surface area (Å²) < 4.78 is 1.56. The van der Waals surface area contributed by atoms with Crippen LogP contribution in [0.5, 0.6) is 0 Å². The van der Waals surface area contributed by atoms with Crippen molar-refractivity contribution >= 4 is 28.7 Å². The molecule has 1 amide bonds. The number of carbonyl (C=O) groups is 2. The summed E-state index contributed by atoms with van der Waals surface area (Å²) in [6.07, 6.45) is 7.50. The smallest absolute Gasteiger partial charge is 0.229 e. The molecule has 2 aliphatic rings. The number of aromatic nitrogens is 3. The summed E-state index contributed by atoms with van der Waals surface area (Å²) in [5.74, 6) is 0.981. The van der Waals surface area contributed by atoms with E-state index in [0.29, 0.717) is 5.65 Å². The highest BCUT2D eigenvalue weighted by Crippen LogP contribution is 2.35. The third kappa shape index (κ3) is 2.58. The predicted molar refractivity (Wildman–Crippen MR) is 94.6 cm³/mol. The molecule has 2 aromatic rings. The molecule has 0 aliphatic carbocycles. The van der Waals surface area contributed by atoms with E-state index in [1.165, 1.54) is 13.3 Å². The quantitative estimate of drug-likeness (QED) is 0.794. The van der Waals surface area contributed by atoms with Crippen LogP contribution in [0.25, 0.3) is 11.0 Å². The normalized spacial score (nSPS) is 23.6. The van der Waals surface area contributed by atoms with Crippen molar-refractivity contribution in [3.8, 4) is 0 Å². The van der Waals surface area contributed by atoms with Gasteiger partial charge in [-0.2, -0.15) is 0 Å². The van der Waals surface area contributed by atoms with Crippen molar-refractivity contribution in [2.45, 2.75) is 51.6 Å². The van der Waals surface area contributed by atoms with E-state index in [1.807, 2.05) is 11.0 Å². The molecule has 0 bridgehead atoms. The number of likely N-dealkylation sites (tertiary alicyclic amines) is 1. The zero-order valence-electron chi connectivity index (χ0n) is 14.7. The van der Waals surface area contributed by atoms with Crippen molar-refractivity contribution in [2.75, 3.05) is 18.0 Å². The second kappa shape index (κ2) is 6.13. The van der Waals surface area contributed by atoms with Gasteiger partial charge in [-0.3, -0.25) is 14.2 Å².